The highest BCUT2D eigenvalue weighted by Gasteiger charge is 2.23. The van der Waals surface area contributed by atoms with Gasteiger partial charge in [-0.25, -0.2) is 0 Å². The highest BCUT2D eigenvalue weighted by molar-refractivity contribution is 7.16. The van der Waals surface area contributed by atoms with Crippen LogP contribution in [0.25, 0.3) is 10.3 Å². The molecule has 0 aliphatic rings. The first kappa shape index (κ1) is 15.2. The van der Waals surface area contributed by atoms with Crippen molar-refractivity contribution in [2.45, 2.75) is 18.6 Å². The first-order chi connectivity index (χ1) is 10.0. The van der Waals surface area contributed by atoms with Crippen molar-refractivity contribution in [3.63, 3.8) is 0 Å². The normalized spacial score (nSPS) is 14.0. The molecule has 0 aromatic carbocycles. The molecule has 0 saturated heterocycles. The summed E-state index contributed by atoms with van der Waals surface area (Å²) in [5.74, 6) is -0.138. The number of H-pyrrole nitrogens is 1. The summed E-state index contributed by atoms with van der Waals surface area (Å²) in [6.07, 6.45) is -0.514. The summed E-state index contributed by atoms with van der Waals surface area (Å²) in [7, 11) is 1.39. The zero-order chi connectivity index (χ0) is 15.6. The minimum atomic E-state index is -0.919. The first-order valence-electron chi connectivity index (χ1n) is 5.96. The number of aromatic amines is 1. The molecule has 0 spiro atoms. The number of nitrogens with one attached hydrogen (secondary N) is 1. The Bertz CT molecular complexity index is 798. The second kappa shape index (κ2) is 6.04. The third kappa shape index (κ3) is 2.80. The van der Waals surface area contributed by atoms with E-state index >= 15 is 0 Å². The predicted molar refractivity (Wildman–Crippen MR) is 76.1 cm³/mol. The third-order valence-corrected chi connectivity index (χ3v) is 3.92. The van der Waals surface area contributed by atoms with Crippen LogP contribution < -0.4 is 16.2 Å². The Balaban J connectivity index is 2.59. The molecule has 10 heteroatoms. The molecular formula is C11H13N5O4S. The number of hydrogen-bond donors (Lipinski definition) is 3. The van der Waals surface area contributed by atoms with E-state index in [1.165, 1.54) is 7.11 Å². The molecule has 2 aromatic rings. The van der Waals surface area contributed by atoms with Crippen molar-refractivity contribution >= 4 is 27.6 Å². The van der Waals surface area contributed by atoms with E-state index in [9.17, 15) is 14.9 Å². The van der Waals surface area contributed by atoms with Crippen LogP contribution in [-0.2, 0) is 4.74 Å². The Morgan fingerprint density at radius 3 is 2.90 bits per heavy atom. The smallest absolute Gasteiger partial charge is 0.310 e. The molecule has 0 aliphatic carbocycles. The van der Waals surface area contributed by atoms with Crippen LogP contribution in [0.1, 0.15) is 12.5 Å². The number of aromatic nitrogens is 3. The van der Waals surface area contributed by atoms with Crippen molar-refractivity contribution in [1.82, 2.24) is 14.5 Å². The van der Waals surface area contributed by atoms with Crippen molar-refractivity contribution in [3.05, 3.63) is 20.0 Å². The Kier molecular flexibility index (Phi) is 4.37. The Hall–Kier alpha value is -2.22. The molecule has 0 amide bonds. The van der Waals surface area contributed by atoms with Crippen molar-refractivity contribution < 1.29 is 9.84 Å². The lowest BCUT2D eigenvalue weighted by Gasteiger charge is -2.16. The molecule has 2 rings (SSSR count). The molecule has 0 aliphatic heterocycles. The van der Waals surface area contributed by atoms with Gasteiger partial charge in [-0.1, -0.05) is 11.3 Å². The number of ether oxygens (including phenoxy) is 1. The summed E-state index contributed by atoms with van der Waals surface area (Å²) < 4.78 is 6.21. The molecule has 0 unspecified atom stereocenters. The first-order valence-corrected chi connectivity index (χ1v) is 6.77. The molecule has 21 heavy (non-hydrogen) atoms. The van der Waals surface area contributed by atoms with E-state index in [1.54, 1.807) is 0 Å². The summed E-state index contributed by atoms with van der Waals surface area (Å²) in [4.78, 5) is 29.5. The van der Waals surface area contributed by atoms with E-state index in [0.717, 1.165) is 4.57 Å². The molecule has 0 fully saturated rings. The Labute approximate surface area is 122 Å². The fourth-order valence-electron chi connectivity index (χ4n) is 1.93. The van der Waals surface area contributed by atoms with Crippen LogP contribution in [0.4, 0.5) is 5.95 Å². The van der Waals surface area contributed by atoms with Gasteiger partial charge in [0.1, 0.15) is 10.7 Å². The number of rotatable bonds is 5. The third-order valence-electron chi connectivity index (χ3n) is 2.98. The topological polar surface area (TPSA) is 147 Å². The molecule has 2 atom stereocenters. The molecule has 4 N–H and O–H groups in total. The number of fused-ring (bicyclic) bond motifs is 1. The van der Waals surface area contributed by atoms with Gasteiger partial charge in [0.15, 0.2) is 5.65 Å². The number of aliphatic hydroxyl groups excluding tert-OH is 1. The number of anilines is 1. The second-order valence-corrected chi connectivity index (χ2v) is 5.22. The lowest BCUT2D eigenvalue weighted by atomic mass is 10.1. The van der Waals surface area contributed by atoms with Crippen LogP contribution in [0.5, 0.6) is 0 Å². The van der Waals surface area contributed by atoms with Gasteiger partial charge in [0, 0.05) is 13.5 Å². The maximum Gasteiger partial charge on any atom is 0.310 e. The van der Waals surface area contributed by atoms with Crippen LogP contribution in [0.15, 0.2) is 9.59 Å². The maximum absolute atomic E-state index is 12.1. The van der Waals surface area contributed by atoms with Crippen LogP contribution >= 0.6 is 11.3 Å². The van der Waals surface area contributed by atoms with E-state index < -0.39 is 22.6 Å². The van der Waals surface area contributed by atoms with Crippen LogP contribution in [0.3, 0.4) is 0 Å². The van der Waals surface area contributed by atoms with Gasteiger partial charge in [-0.3, -0.25) is 19.1 Å². The van der Waals surface area contributed by atoms with Crippen LogP contribution in [-0.4, -0.2) is 39.5 Å². The quantitative estimate of drug-likeness (QED) is 0.654. The molecule has 0 saturated carbocycles. The van der Waals surface area contributed by atoms with E-state index in [4.69, 9.17) is 15.6 Å². The van der Waals surface area contributed by atoms with E-state index in [0.29, 0.717) is 11.3 Å². The summed E-state index contributed by atoms with van der Waals surface area (Å²) in [5, 5.41) is 18.4. The van der Waals surface area contributed by atoms with E-state index in [2.05, 4.69) is 9.97 Å². The highest BCUT2D eigenvalue weighted by Crippen LogP contribution is 2.20. The van der Waals surface area contributed by atoms with Crippen molar-refractivity contribution in [2.24, 2.45) is 0 Å². The summed E-state index contributed by atoms with van der Waals surface area (Å²) >= 11 is 0.691. The van der Waals surface area contributed by atoms with Gasteiger partial charge in [0.05, 0.1) is 18.8 Å². The number of methoxy groups -OCH3 is 1. The van der Waals surface area contributed by atoms with E-state index in [-0.39, 0.29) is 29.3 Å². The molecule has 2 aromatic heterocycles. The molecule has 0 bridgehead atoms. The molecule has 112 valence electrons. The van der Waals surface area contributed by atoms with Crippen molar-refractivity contribution in [3.8, 4) is 6.07 Å². The van der Waals surface area contributed by atoms with Crippen molar-refractivity contribution in [1.29, 1.82) is 5.26 Å². The Morgan fingerprint density at radius 1 is 1.62 bits per heavy atom. The van der Waals surface area contributed by atoms with Gasteiger partial charge in [-0.15, -0.1) is 0 Å². The highest BCUT2D eigenvalue weighted by atomic mass is 32.1. The van der Waals surface area contributed by atoms with Gasteiger partial charge in [-0.2, -0.15) is 10.2 Å². The summed E-state index contributed by atoms with van der Waals surface area (Å²) in [6.45, 7) is -0.290. The molecule has 2 heterocycles. The number of nitriles is 1. The lowest BCUT2D eigenvalue weighted by molar-refractivity contribution is 0.0374. The minimum absolute atomic E-state index is 0.0607. The van der Waals surface area contributed by atoms with Gasteiger partial charge >= 0.3 is 4.87 Å². The lowest BCUT2D eigenvalue weighted by Crippen LogP contribution is -2.26. The number of nitrogens with two attached hydrogens (primary N) is 1. The standard InChI is InChI=1S/C11H13N5O4S/c1-20-6(4-17)2-5(3-12)16-8-7(21-11(16)19)9(18)15-10(13)14-8/h5-6,17H,2,4H2,1H3,(H3,13,14,15,18)/t5-,6-/m0/s1. The SMILES string of the molecule is CO[C@H](CO)C[C@@H](C#N)n1c(=O)sc2c(=O)[nH]c(N)nc21. The second-order valence-electron chi connectivity index (χ2n) is 4.26. The fraction of sp³-hybridized carbons (Fsp3) is 0.455. The van der Waals surface area contributed by atoms with Crippen LogP contribution in [0, 0.1) is 11.3 Å². The van der Waals surface area contributed by atoms with E-state index in [1.807, 2.05) is 6.07 Å². The average molecular weight is 311 g/mol. The fourth-order valence-corrected chi connectivity index (χ4v) is 2.80. The van der Waals surface area contributed by atoms with Crippen LogP contribution in [0.2, 0.25) is 0 Å². The number of nitrogens with zero attached hydrogens (tertiary/aromatic N) is 3. The summed E-state index contributed by atoms with van der Waals surface area (Å²) in [5.41, 5.74) is 5.01. The van der Waals surface area contributed by atoms with Gasteiger partial charge in [0.25, 0.3) is 5.56 Å². The molecular weight excluding hydrogens is 298 g/mol. The average Bonchev–Trinajstić information content (AvgIpc) is 2.78. The minimum Gasteiger partial charge on any atom is -0.394 e. The molecule has 9 nitrogen and oxygen atoms in total. The largest absolute Gasteiger partial charge is 0.394 e. The predicted octanol–water partition coefficient (Wildman–Crippen LogP) is -0.809. The van der Waals surface area contributed by atoms with Gasteiger partial charge in [-0.05, 0) is 0 Å². The number of nitrogen functional groups attached to an aromatic ring is 1. The zero-order valence-electron chi connectivity index (χ0n) is 11.1. The number of hydrogen-bond acceptors (Lipinski definition) is 8. The zero-order valence-corrected chi connectivity index (χ0v) is 11.9. The number of thiazole rings is 1. The number of aliphatic hydroxyl groups is 1. The van der Waals surface area contributed by atoms with Crippen molar-refractivity contribution in [2.75, 3.05) is 19.5 Å². The van der Waals surface area contributed by atoms with Gasteiger partial charge < -0.3 is 15.6 Å². The summed E-state index contributed by atoms with van der Waals surface area (Å²) in [6, 6.07) is 1.04. The maximum atomic E-state index is 12.1. The monoisotopic (exact) mass is 311 g/mol. The molecule has 0 radical (unpaired) electrons. The Morgan fingerprint density at radius 2 is 2.33 bits per heavy atom. The van der Waals surface area contributed by atoms with Gasteiger partial charge in [0.2, 0.25) is 5.95 Å².